The van der Waals surface area contributed by atoms with Crippen LogP contribution < -0.4 is 5.32 Å². The van der Waals surface area contributed by atoms with E-state index in [9.17, 15) is 0 Å². The van der Waals surface area contributed by atoms with Gasteiger partial charge in [-0.15, -0.1) is 0 Å². The van der Waals surface area contributed by atoms with Crippen molar-refractivity contribution in [2.75, 3.05) is 0 Å². The first-order valence-electron chi connectivity index (χ1n) is 7.13. The zero-order valence-corrected chi connectivity index (χ0v) is 12.5. The lowest BCUT2D eigenvalue weighted by Crippen LogP contribution is -2.40. The maximum atomic E-state index is 3.70. The molecule has 0 aliphatic heterocycles. The van der Waals surface area contributed by atoms with Crippen molar-refractivity contribution in [3.63, 3.8) is 0 Å². The lowest BCUT2D eigenvalue weighted by molar-refractivity contribution is 0.339. The Morgan fingerprint density at radius 2 is 1.56 bits per heavy atom. The molecule has 1 saturated carbocycles. The Labute approximate surface area is 112 Å². The highest BCUT2D eigenvalue weighted by Crippen LogP contribution is 2.39. The average Bonchev–Trinajstić information content (AvgIpc) is 3.10. The van der Waals surface area contributed by atoms with Gasteiger partial charge in [-0.2, -0.15) is 0 Å². The van der Waals surface area contributed by atoms with Crippen molar-refractivity contribution in [1.82, 2.24) is 5.32 Å². The summed E-state index contributed by atoms with van der Waals surface area (Å²) in [5, 5.41) is 3.70. The fourth-order valence-corrected chi connectivity index (χ4v) is 2.40. The van der Waals surface area contributed by atoms with Gasteiger partial charge >= 0.3 is 0 Å². The molecule has 1 heteroatoms. The van der Waals surface area contributed by atoms with Crippen molar-refractivity contribution >= 4 is 0 Å². The summed E-state index contributed by atoms with van der Waals surface area (Å²) in [7, 11) is 0. The quantitative estimate of drug-likeness (QED) is 0.835. The van der Waals surface area contributed by atoms with Crippen LogP contribution in [0.3, 0.4) is 0 Å². The van der Waals surface area contributed by atoms with Gasteiger partial charge in [0, 0.05) is 12.1 Å². The van der Waals surface area contributed by atoms with E-state index in [1.54, 1.807) is 0 Å². The summed E-state index contributed by atoms with van der Waals surface area (Å²) in [5.41, 5.74) is 3.34. The van der Waals surface area contributed by atoms with Crippen LogP contribution in [0.25, 0.3) is 0 Å². The van der Waals surface area contributed by atoms with Crippen LogP contribution in [0.1, 0.15) is 58.6 Å². The van der Waals surface area contributed by atoms with E-state index in [0.29, 0.717) is 5.54 Å². The van der Waals surface area contributed by atoms with Crippen LogP contribution in [-0.4, -0.2) is 5.54 Å². The topological polar surface area (TPSA) is 12.0 Å². The summed E-state index contributed by atoms with van der Waals surface area (Å²) in [4.78, 5) is 0. The molecule has 1 aromatic carbocycles. The average molecular weight is 245 g/mol. The Hall–Kier alpha value is -0.820. The fourth-order valence-electron chi connectivity index (χ4n) is 2.40. The van der Waals surface area contributed by atoms with E-state index in [1.165, 1.54) is 24.0 Å². The molecule has 18 heavy (non-hydrogen) atoms. The minimum Gasteiger partial charge on any atom is -0.307 e. The zero-order chi connectivity index (χ0) is 13.4. The standard InChI is InChI=1S/C17H27N/c1-16(2,3)14-8-6-13(7-9-14)12-18-17(4,5)15-10-11-15/h6-9,15,18H,10-12H2,1-5H3. The second-order valence-electron chi connectivity index (χ2n) is 7.30. The minimum absolute atomic E-state index is 0.249. The van der Waals surface area contributed by atoms with Gasteiger partial charge in [-0.05, 0) is 49.1 Å². The molecule has 0 aromatic heterocycles. The van der Waals surface area contributed by atoms with Gasteiger partial charge in [-0.3, -0.25) is 0 Å². The summed E-state index contributed by atoms with van der Waals surface area (Å²) in [5.74, 6) is 0.881. The van der Waals surface area contributed by atoms with E-state index in [-0.39, 0.29) is 5.41 Å². The van der Waals surface area contributed by atoms with Gasteiger partial charge in [0.15, 0.2) is 0 Å². The summed E-state index contributed by atoms with van der Waals surface area (Å²) >= 11 is 0. The van der Waals surface area contributed by atoms with Crippen LogP contribution in [-0.2, 0) is 12.0 Å². The Balaban J connectivity index is 1.94. The first-order chi connectivity index (χ1) is 8.29. The monoisotopic (exact) mass is 245 g/mol. The third-order valence-electron chi connectivity index (χ3n) is 4.17. The molecule has 0 spiro atoms. The van der Waals surface area contributed by atoms with E-state index >= 15 is 0 Å². The van der Waals surface area contributed by atoms with Crippen LogP contribution >= 0.6 is 0 Å². The molecule has 0 atom stereocenters. The molecule has 0 unspecified atom stereocenters. The molecule has 0 heterocycles. The smallest absolute Gasteiger partial charge is 0.0210 e. The molecule has 0 bridgehead atoms. The van der Waals surface area contributed by atoms with Gasteiger partial charge in [0.05, 0.1) is 0 Å². The van der Waals surface area contributed by atoms with E-state index in [4.69, 9.17) is 0 Å². The highest BCUT2D eigenvalue weighted by Gasteiger charge is 2.37. The number of rotatable bonds is 4. The van der Waals surface area contributed by atoms with E-state index in [0.717, 1.165) is 12.5 Å². The van der Waals surface area contributed by atoms with Gasteiger partial charge in [0.25, 0.3) is 0 Å². The Bertz CT molecular complexity index is 391. The third-order valence-corrected chi connectivity index (χ3v) is 4.17. The van der Waals surface area contributed by atoms with Crippen molar-refractivity contribution in [3.05, 3.63) is 35.4 Å². The van der Waals surface area contributed by atoms with Crippen LogP contribution in [0, 0.1) is 5.92 Å². The van der Waals surface area contributed by atoms with E-state index < -0.39 is 0 Å². The van der Waals surface area contributed by atoms with Crippen LogP contribution in [0.2, 0.25) is 0 Å². The maximum absolute atomic E-state index is 3.70. The highest BCUT2D eigenvalue weighted by molar-refractivity contribution is 5.27. The SMILES string of the molecule is CC(C)(C)c1ccc(CNC(C)(C)C2CC2)cc1. The molecule has 1 aliphatic rings. The van der Waals surface area contributed by atoms with Crippen molar-refractivity contribution in [2.45, 2.75) is 65.0 Å². The van der Waals surface area contributed by atoms with Crippen LogP contribution in [0.4, 0.5) is 0 Å². The van der Waals surface area contributed by atoms with Crippen molar-refractivity contribution in [3.8, 4) is 0 Å². The summed E-state index contributed by atoms with van der Waals surface area (Å²) < 4.78 is 0. The molecule has 100 valence electrons. The molecule has 1 aliphatic carbocycles. The summed E-state index contributed by atoms with van der Waals surface area (Å²) in [6.07, 6.45) is 2.78. The summed E-state index contributed by atoms with van der Waals surface area (Å²) in [6.45, 7) is 12.4. The van der Waals surface area contributed by atoms with Crippen molar-refractivity contribution in [1.29, 1.82) is 0 Å². The van der Waals surface area contributed by atoms with E-state index in [1.807, 2.05) is 0 Å². The number of hydrogen-bond donors (Lipinski definition) is 1. The molecule has 1 nitrogen and oxygen atoms in total. The predicted octanol–water partition coefficient (Wildman–Crippen LogP) is 4.26. The van der Waals surface area contributed by atoms with Crippen LogP contribution in [0.5, 0.6) is 0 Å². The molecular weight excluding hydrogens is 218 g/mol. The molecule has 0 amide bonds. The minimum atomic E-state index is 0.249. The second-order valence-corrected chi connectivity index (χ2v) is 7.30. The lowest BCUT2D eigenvalue weighted by atomic mass is 9.86. The fraction of sp³-hybridized carbons (Fsp3) is 0.647. The van der Waals surface area contributed by atoms with Gasteiger partial charge in [-0.25, -0.2) is 0 Å². The first-order valence-corrected chi connectivity index (χ1v) is 7.13. The number of nitrogens with one attached hydrogen (secondary N) is 1. The summed E-state index contributed by atoms with van der Waals surface area (Å²) in [6, 6.07) is 9.05. The van der Waals surface area contributed by atoms with E-state index in [2.05, 4.69) is 64.2 Å². The number of hydrogen-bond acceptors (Lipinski definition) is 1. The third kappa shape index (κ3) is 3.35. The predicted molar refractivity (Wildman–Crippen MR) is 78.8 cm³/mol. The molecule has 1 fully saturated rings. The molecule has 1 N–H and O–H groups in total. The number of benzene rings is 1. The van der Waals surface area contributed by atoms with Gasteiger partial charge in [0.2, 0.25) is 0 Å². The van der Waals surface area contributed by atoms with Crippen molar-refractivity contribution < 1.29 is 0 Å². The zero-order valence-electron chi connectivity index (χ0n) is 12.5. The molecule has 0 saturated heterocycles. The van der Waals surface area contributed by atoms with Gasteiger partial charge in [-0.1, -0.05) is 45.0 Å². The molecule has 0 radical (unpaired) electrons. The second kappa shape index (κ2) is 4.70. The Morgan fingerprint density at radius 1 is 1.00 bits per heavy atom. The Morgan fingerprint density at radius 3 is 2.00 bits per heavy atom. The Kier molecular flexibility index (Phi) is 3.55. The maximum Gasteiger partial charge on any atom is 0.0210 e. The molecular formula is C17H27N. The molecule has 2 rings (SSSR count). The van der Waals surface area contributed by atoms with Crippen LogP contribution in [0.15, 0.2) is 24.3 Å². The normalized spacial score (nSPS) is 16.9. The lowest BCUT2D eigenvalue weighted by Gasteiger charge is -2.26. The first kappa shape index (κ1) is 13.6. The largest absolute Gasteiger partial charge is 0.307 e. The highest BCUT2D eigenvalue weighted by atomic mass is 15.0. The van der Waals surface area contributed by atoms with Crippen molar-refractivity contribution in [2.24, 2.45) is 5.92 Å². The molecule has 1 aromatic rings. The van der Waals surface area contributed by atoms with Gasteiger partial charge < -0.3 is 5.32 Å². The van der Waals surface area contributed by atoms with Gasteiger partial charge in [0.1, 0.15) is 0 Å².